The Kier molecular flexibility index (Phi) is 8.48. The number of carbonyl (C=O) groups excluding carboxylic acids is 2. The summed E-state index contributed by atoms with van der Waals surface area (Å²) in [5, 5.41) is 2.60. The lowest BCUT2D eigenvalue weighted by Gasteiger charge is -2.26. The van der Waals surface area contributed by atoms with E-state index in [-0.39, 0.29) is 5.91 Å². The molecule has 3 rings (SSSR count). The molecule has 1 unspecified atom stereocenters. The van der Waals surface area contributed by atoms with Gasteiger partial charge in [-0.25, -0.2) is 0 Å². The van der Waals surface area contributed by atoms with E-state index in [0.717, 1.165) is 11.1 Å². The van der Waals surface area contributed by atoms with E-state index in [4.69, 9.17) is 51.8 Å². The first-order chi connectivity index (χ1) is 15.6. The third kappa shape index (κ3) is 6.74. The van der Waals surface area contributed by atoms with Crippen LogP contribution >= 0.6 is 58.8 Å². The zero-order chi connectivity index (χ0) is 24.2. The number of nitrogens with zero attached hydrogens (tertiary/aromatic N) is 1. The summed E-state index contributed by atoms with van der Waals surface area (Å²) in [5.41, 5.74) is 2.19. The Bertz CT molecular complexity index is 1100. The molecule has 1 saturated heterocycles. The van der Waals surface area contributed by atoms with E-state index in [2.05, 4.69) is 11.9 Å². The van der Waals surface area contributed by atoms with E-state index in [0.29, 0.717) is 27.1 Å². The molecule has 1 fully saturated rings. The number of amides is 2. The third-order valence-electron chi connectivity index (χ3n) is 4.49. The number of benzene rings is 2. The Morgan fingerprint density at radius 1 is 1.21 bits per heavy atom. The molecule has 2 aromatic carbocycles. The summed E-state index contributed by atoms with van der Waals surface area (Å²) in [4.78, 5) is 27.0. The predicted molar refractivity (Wildman–Crippen MR) is 140 cm³/mol. The Hall–Kier alpha value is -2.03. The number of hydrogen-bond donors (Lipinski definition) is 1. The Morgan fingerprint density at radius 2 is 1.85 bits per heavy atom. The zero-order valence-electron chi connectivity index (χ0n) is 17.4. The first-order valence-electron chi connectivity index (χ1n) is 9.65. The summed E-state index contributed by atoms with van der Waals surface area (Å²) in [5.74, 6) is -0.239. The first-order valence-corrected chi connectivity index (χ1v) is 12.0. The molecule has 10 heteroatoms. The molecular formula is C23H19Cl3N2O3S2. The van der Waals surface area contributed by atoms with Crippen LogP contribution in [0.5, 0.6) is 5.75 Å². The van der Waals surface area contributed by atoms with Crippen LogP contribution in [-0.4, -0.2) is 37.6 Å². The van der Waals surface area contributed by atoms with Crippen molar-refractivity contribution in [3.8, 4) is 5.75 Å². The van der Waals surface area contributed by atoms with Gasteiger partial charge in [0.05, 0.1) is 4.91 Å². The van der Waals surface area contributed by atoms with Crippen molar-refractivity contribution >= 4 is 81.0 Å². The predicted octanol–water partition coefficient (Wildman–Crippen LogP) is 5.89. The van der Waals surface area contributed by atoms with Gasteiger partial charge in [0.15, 0.2) is 0 Å². The molecule has 33 heavy (non-hydrogen) atoms. The third-order valence-corrected chi connectivity index (χ3v) is 6.46. The van der Waals surface area contributed by atoms with E-state index in [9.17, 15) is 9.59 Å². The number of ether oxygens (including phenoxy) is 1. The normalized spacial score (nSPS) is 16.1. The molecule has 0 aromatic heterocycles. The summed E-state index contributed by atoms with van der Waals surface area (Å²) >= 11 is 24.6. The highest BCUT2D eigenvalue weighted by Gasteiger charge is 2.36. The van der Waals surface area contributed by atoms with Crippen molar-refractivity contribution in [2.24, 2.45) is 0 Å². The minimum Gasteiger partial charge on any atom is -0.466 e. The molecule has 0 radical (unpaired) electrons. The van der Waals surface area contributed by atoms with E-state index in [1.54, 1.807) is 48.6 Å². The lowest BCUT2D eigenvalue weighted by atomic mass is 10.1. The number of hydrogen-bond acceptors (Lipinski definition) is 5. The fourth-order valence-electron chi connectivity index (χ4n) is 2.80. The van der Waals surface area contributed by atoms with Crippen molar-refractivity contribution in [1.29, 1.82) is 0 Å². The maximum Gasteiger partial charge on any atom is 0.266 e. The number of rotatable bonds is 7. The first kappa shape index (κ1) is 25.6. The van der Waals surface area contributed by atoms with Gasteiger partial charge in [-0.3, -0.25) is 14.5 Å². The van der Waals surface area contributed by atoms with Crippen LogP contribution in [0.15, 0.2) is 66.1 Å². The summed E-state index contributed by atoms with van der Waals surface area (Å²) in [6, 6.07) is 13.8. The van der Waals surface area contributed by atoms with Crippen molar-refractivity contribution in [2.45, 2.75) is 16.9 Å². The molecular weight excluding hydrogens is 523 g/mol. The summed E-state index contributed by atoms with van der Waals surface area (Å²) in [7, 11) is 0. The number of thiocarbonyl (C=S) groups is 1. The topological polar surface area (TPSA) is 58.6 Å². The maximum absolute atomic E-state index is 12.6. The van der Waals surface area contributed by atoms with Gasteiger partial charge in [-0.2, -0.15) is 0 Å². The van der Waals surface area contributed by atoms with Crippen LogP contribution in [0, 0.1) is 6.92 Å². The van der Waals surface area contributed by atoms with Crippen molar-refractivity contribution < 1.29 is 14.3 Å². The largest absolute Gasteiger partial charge is 0.466 e. The summed E-state index contributed by atoms with van der Waals surface area (Å²) in [6.45, 7) is 5.92. The summed E-state index contributed by atoms with van der Waals surface area (Å²) < 4.78 is 4.31. The van der Waals surface area contributed by atoms with Crippen molar-refractivity contribution in [3.63, 3.8) is 0 Å². The summed E-state index contributed by atoms with van der Waals surface area (Å²) in [6.07, 6.45) is 2.12. The van der Waals surface area contributed by atoms with Gasteiger partial charge in [-0.15, -0.1) is 6.58 Å². The van der Waals surface area contributed by atoms with E-state index < -0.39 is 15.9 Å². The number of thioether (sulfide) groups is 1. The number of halogens is 3. The van der Waals surface area contributed by atoms with Crippen molar-refractivity contribution in [2.75, 3.05) is 6.54 Å². The van der Waals surface area contributed by atoms with E-state index in [1.165, 1.54) is 16.7 Å². The quantitative estimate of drug-likeness (QED) is 0.156. The van der Waals surface area contributed by atoms with Crippen LogP contribution < -0.4 is 10.1 Å². The van der Waals surface area contributed by atoms with Crippen LogP contribution in [0.4, 0.5) is 0 Å². The smallest absolute Gasteiger partial charge is 0.266 e. The van der Waals surface area contributed by atoms with E-state index >= 15 is 0 Å². The van der Waals surface area contributed by atoms with Gasteiger partial charge in [-0.1, -0.05) is 94.7 Å². The lowest BCUT2D eigenvalue weighted by Crippen LogP contribution is -2.47. The number of carbonyl (C=O) groups is 2. The molecule has 0 spiro atoms. The SMILES string of the molecule is C=CCN1C(=O)/C(=C/c2ccc(OC(NC(=O)c3ccc(C)cc3)C(Cl)(Cl)Cl)cc2)SC1=S. The number of aryl methyl sites for hydroxylation is 1. The zero-order valence-corrected chi connectivity index (χ0v) is 21.3. The highest BCUT2D eigenvalue weighted by molar-refractivity contribution is 8.26. The molecule has 0 saturated carbocycles. The average Bonchev–Trinajstić information content (AvgIpc) is 3.02. The standard InChI is InChI=1S/C23H19Cl3N2O3S2/c1-3-12-28-20(30)18(33-22(28)32)13-15-6-10-17(11-7-15)31-21(23(24,25)26)27-19(29)16-8-4-14(2)5-9-16/h3-11,13,21H,1,12H2,2H3,(H,27,29)/b18-13-. The molecule has 1 heterocycles. The van der Waals surface area contributed by atoms with Gasteiger partial charge in [0.1, 0.15) is 10.1 Å². The molecule has 1 atom stereocenters. The van der Waals surface area contributed by atoms with Crippen LogP contribution in [-0.2, 0) is 4.79 Å². The minimum absolute atomic E-state index is 0.166. The maximum atomic E-state index is 12.6. The van der Waals surface area contributed by atoms with Gasteiger partial charge < -0.3 is 10.1 Å². The van der Waals surface area contributed by atoms with Crippen LogP contribution in [0.3, 0.4) is 0 Å². The second kappa shape index (κ2) is 10.9. The highest BCUT2D eigenvalue weighted by Crippen LogP contribution is 2.34. The monoisotopic (exact) mass is 540 g/mol. The Labute approximate surface area is 216 Å². The molecule has 1 aliphatic rings. The molecule has 1 N–H and O–H groups in total. The Morgan fingerprint density at radius 3 is 2.42 bits per heavy atom. The van der Waals surface area contributed by atoms with Crippen molar-refractivity contribution in [1.82, 2.24) is 10.2 Å². The number of alkyl halides is 3. The Balaban J connectivity index is 1.71. The van der Waals surface area contributed by atoms with Crippen molar-refractivity contribution in [3.05, 3.63) is 82.8 Å². The molecule has 0 bridgehead atoms. The van der Waals surface area contributed by atoms with Gasteiger partial charge in [-0.05, 0) is 42.8 Å². The second-order valence-corrected chi connectivity index (χ2v) is 11.1. The second-order valence-electron chi connectivity index (χ2n) is 7.03. The molecule has 0 aliphatic carbocycles. The minimum atomic E-state index is -1.92. The molecule has 2 amide bonds. The molecule has 2 aromatic rings. The fourth-order valence-corrected chi connectivity index (χ4v) is 4.37. The van der Waals surface area contributed by atoms with Crippen LogP contribution in [0.2, 0.25) is 0 Å². The highest BCUT2D eigenvalue weighted by atomic mass is 35.6. The fraction of sp³-hybridized carbons (Fsp3) is 0.174. The van der Waals surface area contributed by atoms with Gasteiger partial charge in [0, 0.05) is 12.1 Å². The average molecular weight is 542 g/mol. The molecule has 172 valence electrons. The lowest BCUT2D eigenvalue weighted by molar-refractivity contribution is -0.121. The number of nitrogens with one attached hydrogen (secondary N) is 1. The molecule has 1 aliphatic heterocycles. The van der Waals surface area contributed by atoms with E-state index in [1.807, 2.05) is 19.1 Å². The van der Waals surface area contributed by atoms with Crippen LogP contribution in [0.25, 0.3) is 6.08 Å². The van der Waals surface area contributed by atoms with Crippen LogP contribution in [0.1, 0.15) is 21.5 Å². The van der Waals surface area contributed by atoms with Gasteiger partial charge in [0.25, 0.3) is 11.8 Å². The van der Waals surface area contributed by atoms with Gasteiger partial charge >= 0.3 is 0 Å². The van der Waals surface area contributed by atoms with Gasteiger partial charge in [0.2, 0.25) is 10.0 Å². The molecule has 5 nitrogen and oxygen atoms in total.